The molecule has 0 radical (unpaired) electrons. The molecule has 0 aliphatic carbocycles. The third kappa shape index (κ3) is 1.55. The van der Waals surface area contributed by atoms with Crippen molar-refractivity contribution < 1.29 is 4.79 Å². The van der Waals surface area contributed by atoms with Crippen LogP contribution in [-0.2, 0) is 17.8 Å². The summed E-state index contributed by atoms with van der Waals surface area (Å²) in [6.45, 7) is 2.51. The lowest BCUT2D eigenvalue weighted by atomic mass is 10.1. The summed E-state index contributed by atoms with van der Waals surface area (Å²) in [6.07, 6.45) is 0.940. The quantitative estimate of drug-likeness (QED) is 0.797. The molecule has 3 heteroatoms. The maximum atomic E-state index is 11.8. The van der Waals surface area contributed by atoms with Crippen molar-refractivity contribution in [1.82, 2.24) is 4.57 Å². The number of rotatable bonds is 1. The summed E-state index contributed by atoms with van der Waals surface area (Å²) >= 11 is 0. The van der Waals surface area contributed by atoms with E-state index < -0.39 is 0 Å². The second kappa shape index (κ2) is 3.77. The minimum atomic E-state index is 0.0436. The van der Waals surface area contributed by atoms with E-state index in [1.165, 1.54) is 5.69 Å². The molecule has 1 aromatic carbocycles. The van der Waals surface area contributed by atoms with E-state index >= 15 is 0 Å². The number of para-hydroxylation sites is 1. The van der Waals surface area contributed by atoms with Gasteiger partial charge in [0.2, 0.25) is 5.91 Å². The number of carbonyl (C=O) groups is 1. The van der Waals surface area contributed by atoms with E-state index in [2.05, 4.69) is 28.9 Å². The van der Waals surface area contributed by atoms with Gasteiger partial charge in [0, 0.05) is 11.3 Å². The number of nitrogens with zero attached hydrogens (tertiary/aromatic N) is 1. The highest BCUT2D eigenvalue weighted by Gasteiger charge is 2.19. The molecule has 0 saturated heterocycles. The normalized spacial score (nSPS) is 13.6. The Morgan fingerprint density at radius 2 is 2.06 bits per heavy atom. The first-order chi connectivity index (χ1) is 8.29. The minimum absolute atomic E-state index is 0.0436. The van der Waals surface area contributed by atoms with Crippen molar-refractivity contribution >= 4 is 11.6 Å². The third-order valence-corrected chi connectivity index (χ3v) is 3.21. The van der Waals surface area contributed by atoms with Crippen molar-refractivity contribution in [3.63, 3.8) is 0 Å². The molecule has 1 amide bonds. The summed E-state index contributed by atoms with van der Waals surface area (Å²) in [5.41, 5.74) is 4.32. The van der Waals surface area contributed by atoms with Crippen molar-refractivity contribution in [2.45, 2.75) is 19.9 Å². The Hall–Kier alpha value is -2.03. The maximum absolute atomic E-state index is 11.8. The van der Waals surface area contributed by atoms with Crippen LogP contribution in [0, 0.1) is 0 Å². The van der Waals surface area contributed by atoms with Gasteiger partial charge in [0.1, 0.15) is 6.54 Å². The van der Waals surface area contributed by atoms with Crippen molar-refractivity contribution in [2.24, 2.45) is 0 Å². The summed E-state index contributed by atoms with van der Waals surface area (Å²) in [5, 5.41) is 2.95. The lowest BCUT2D eigenvalue weighted by Gasteiger charge is -2.08. The fraction of sp³-hybridized carbons (Fsp3) is 0.214. The molecule has 0 saturated carbocycles. The van der Waals surface area contributed by atoms with E-state index in [9.17, 15) is 4.79 Å². The zero-order chi connectivity index (χ0) is 11.8. The lowest BCUT2D eigenvalue weighted by molar-refractivity contribution is -0.116. The first kappa shape index (κ1) is 10.1. The van der Waals surface area contributed by atoms with Gasteiger partial charge in [-0.1, -0.05) is 25.1 Å². The second-order valence-electron chi connectivity index (χ2n) is 4.24. The average Bonchev–Trinajstić information content (AvgIpc) is 2.66. The first-order valence-electron chi connectivity index (χ1n) is 5.87. The SMILES string of the molecule is CCc1ccc2n1CC(=O)Nc1ccccc1-2. The average molecular weight is 226 g/mol. The number of hydrogen-bond acceptors (Lipinski definition) is 1. The fourth-order valence-electron chi connectivity index (χ4n) is 2.39. The highest BCUT2D eigenvalue weighted by molar-refractivity contribution is 5.97. The number of carbonyl (C=O) groups excluding carboxylic acids is 1. The number of anilines is 1. The van der Waals surface area contributed by atoms with E-state index in [-0.39, 0.29) is 5.91 Å². The number of aromatic nitrogens is 1. The molecule has 0 atom stereocenters. The van der Waals surface area contributed by atoms with Crippen molar-refractivity contribution in [3.8, 4) is 11.3 Å². The van der Waals surface area contributed by atoms with Crippen LogP contribution >= 0.6 is 0 Å². The summed E-state index contributed by atoms with van der Waals surface area (Å²) in [4.78, 5) is 11.8. The highest BCUT2D eigenvalue weighted by Crippen LogP contribution is 2.31. The molecule has 0 spiro atoms. The lowest BCUT2D eigenvalue weighted by Crippen LogP contribution is -2.17. The Morgan fingerprint density at radius 3 is 2.88 bits per heavy atom. The maximum Gasteiger partial charge on any atom is 0.244 e. The Kier molecular flexibility index (Phi) is 2.25. The van der Waals surface area contributed by atoms with Gasteiger partial charge in [0.05, 0.1) is 11.4 Å². The molecule has 0 fully saturated rings. The van der Waals surface area contributed by atoms with Crippen molar-refractivity contribution in [3.05, 3.63) is 42.1 Å². The largest absolute Gasteiger partial charge is 0.335 e. The summed E-state index contributed by atoms with van der Waals surface area (Å²) in [7, 11) is 0. The second-order valence-corrected chi connectivity index (χ2v) is 4.24. The Bertz CT molecular complexity index is 584. The van der Waals surface area contributed by atoms with Gasteiger partial charge >= 0.3 is 0 Å². The van der Waals surface area contributed by atoms with Crippen LogP contribution in [0.25, 0.3) is 11.3 Å². The van der Waals surface area contributed by atoms with Gasteiger partial charge in [-0.05, 0) is 24.6 Å². The number of hydrogen-bond donors (Lipinski definition) is 1. The first-order valence-corrected chi connectivity index (χ1v) is 5.87. The van der Waals surface area contributed by atoms with Crippen LogP contribution in [0.1, 0.15) is 12.6 Å². The van der Waals surface area contributed by atoms with Crippen LogP contribution in [0.5, 0.6) is 0 Å². The number of aryl methyl sites for hydroxylation is 1. The topological polar surface area (TPSA) is 34.0 Å². The predicted octanol–water partition coefficient (Wildman–Crippen LogP) is 2.67. The van der Waals surface area contributed by atoms with E-state index in [1.54, 1.807) is 0 Å². The van der Waals surface area contributed by atoms with Gasteiger partial charge in [-0.2, -0.15) is 0 Å². The molecule has 1 aliphatic rings. The monoisotopic (exact) mass is 226 g/mol. The van der Waals surface area contributed by atoms with Gasteiger partial charge in [0.25, 0.3) is 0 Å². The molecule has 3 nitrogen and oxygen atoms in total. The van der Waals surface area contributed by atoms with Crippen LogP contribution in [0.2, 0.25) is 0 Å². The molecule has 1 aromatic heterocycles. The van der Waals surface area contributed by atoms with Gasteiger partial charge in [-0.15, -0.1) is 0 Å². The van der Waals surface area contributed by atoms with E-state index in [0.717, 1.165) is 23.4 Å². The summed E-state index contributed by atoms with van der Waals surface area (Å²) in [5.74, 6) is 0.0436. The standard InChI is InChI=1S/C14H14N2O/c1-2-10-7-8-13-11-5-3-4-6-12(11)15-14(17)9-16(10)13/h3-8H,2,9H2,1H3,(H,15,17). The van der Waals surface area contributed by atoms with Gasteiger partial charge in [-0.25, -0.2) is 0 Å². The predicted molar refractivity (Wildman–Crippen MR) is 67.9 cm³/mol. The van der Waals surface area contributed by atoms with E-state index in [0.29, 0.717) is 6.54 Å². The molecule has 1 aliphatic heterocycles. The molecule has 3 rings (SSSR count). The van der Waals surface area contributed by atoms with Crippen LogP contribution < -0.4 is 5.32 Å². The molecular formula is C14H14N2O. The van der Waals surface area contributed by atoms with Crippen LogP contribution in [0.4, 0.5) is 5.69 Å². The fourth-order valence-corrected chi connectivity index (χ4v) is 2.39. The van der Waals surface area contributed by atoms with E-state index in [1.807, 2.05) is 24.3 Å². The number of nitrogens with one attached hydrogen (secondary N) is 1. The van der Waals surface area contributed by atoms with E-state index in [4.69, 9.17) is 0 Å². The van der Waals surface area contributed by atoms with Crippen LogP contribution in [0.15, 0.2) is 36.4 Å². The molecule has 1 N–H and O–H groups in total. The number of fused-ring (bicyclic) bond motifs is 3. The summed E-state index contributed by atoms with van der Waals surface area (Å²) in [6, 6.07) is 12.1. The molecule has 2 aromatic rings. The Morgan fingerprint density at radius 1 is 1.24 bits per heavy atom. The zero-order valence-corrected chi connectivity index (χ0v) is 9.73. The molecule has 2 heterocycles. The summed E-state index contributed by atoms with van der Waals surface area (Å²) < 4.78 is 2.10. The van der Waals surface area contributed by atoms with Crippen LogP contribution in [-0.4, -0.2) is 10.5 Å². The molecule has 86 valence electrons. The van der Waals surface area contributed by atoms with Crippen LogP contribution in [0.3, 0.4) is 0 Å². The molecule has 0 bridgehead atoms. The van der Waals surface area contributed by atoms with Crippen molar-refractivity contribution in [2.75, 3.05) is 5.32 Å². The molecule has 0 unspecified atom stereocenters. The van der Waals surface area contributed by atoms with Gasteiger partial charge in [-0.3, -0.25) is 4.79 Å². The Labute approximate surface area is 100 Å². The zero-order valence-electron chi connectivity index (χ0n) is 9.73. The smallest absolute Gasteiger partial charge is 0.244 e. The molecular weight excluding hydrogens is 212 g/mol. The van der Waals surface area contributed by atoms with Gasteiger partial charge in [0.15, 0.2) is 0 Å². The molecule has 17 heavy (non-hydrogen) atoms. The highest BCUT2D eigenvalue weighted by atomic mass is 16.2. The minimum Gasteiger partial charge on any atom is -0.335 e. The number of amides is 1. The third-order valence-electron chi connectivity index (χ3n) is 3.21. The van der Waals surface area contributed by atoms with Crippen molar-refractivity contribution in [1.29, 1.82) is 0 Å². The Balaban J connectivity index is 2.26. The van der Waals surface area contributed by atoms with Gasteiger partial charge < -0.3 is 9.88 Å². The number of benzene rings is 1.